The highest BCUT2D eigenvalue weighted by Crippen LogP contribution is 2.38. The van der Waals surface area contributed by atoms with Crippen molar-refractivity contribution in [1.29, 1.82) is 0 Å². The highest BCUT2D eigenvalue weighted by molar-refractivity contribution is 5.60. The van der Waals surface area contributed by atoms with Gasteiger partial charge in [-0.05, 0) is 24.0 Å². The lowest BCUT2D eigenvalue weighted by molar-refractivity contribution is 0.371. The van der Waals surface area contributed by atoms with E-state index >= 15 is 0 Å². The van der Waals surface area contributed by atoms with Gasteiger partial charge in [0.2, 0.25) is 5.82 Å². The zero-order valence-electron chi connectivity index (χ0n) is 10.4. The van der Waals surface area contributed by atoms with Gasteiger partial charge in [0, 0.05) is 13.1 Å². The number of hydrogen-bond donors (Lipinski definition) is 0. The Morgan fingerprint density at radius 2 is 2.00 bits per heavy atom. The van der Waals surface area contributed by atoms with E-state index in [4.69, 9.17) is 4.74 Å². The normalized spacial score (nSPS) is 18.5. The summed E-state index contributed by atoms with van der Waals surface area (Å²) in [7, 11) is 1.36. The molecule has 0 saturated carbocycles. The lowest BCUT2D eigenvalue weighted by Gasteiger charge is -2.23. The van der Waals surface area contributed by atoms with Gasteiger partial charge in [0.05, 0.1) is 12.8 Å². The summed E-state index contributed by atoms with van der Waals surface area (Å²) in [5, 5.41) is 0. The lowest BCUT2D eigenvalue weighted by Crippen LogP contribution is -2.23. The summed E-state index contributed by atoms with van der Waals surface area (Å²) >= 11 is 0. The summed E-state index contributed by atoms with van der Waals surface area (Å²) in [5.74, 6) is -1.78. The van der Waals surface area contributed by atoms with E-state index in [9.17, 15) is 8.78 Å². The van der Waals surface area contributed by atoms with Crippen LogP contribution in [0.2, 0.25) is 0 Å². The molecule has 0 bridgehead atoms. The van der Waals surface area contributed by atoms with Crippen LogP contribution in [-0.2, 0) is 0 Å². The molecule has 0 atom stereocenters. The van der Waals surface area contributed by atoms with Crippen molar-refractivity contribution in [3.05, 3.63) is 23.8 Å². The van der Waals surface area contributed by atoms with Gasteiger partial charge in [-0.15, -0.1) is 0 Å². The Labute approximate surface area is 100 Å². The summed E-state index contributed by atoms with van der Waals surface area (Å²) in [5.41, 5.74) is 0.840. The predicted molar refractivity (Wildman–Crippen MR) is 63.5 cm³/mol. The topological polar surface area (TPSA) is 12.5 Å². The number of anilines is 1. The van der Waals surface area contributed by atoms with Crippen molar-refractivity contribution in [2.24, 2.45) is 5.41 Å². The van der Waals surface area contributed by atoms with Gasteiger partial charge in [0.15, 0.2) is 11.6 Å². The van der Waals surface area contributed by atoms with Crippen LogP contribution >= 0.6 is 0 Å². The van der Waals surface area contributed by atoms with Crippen LogP contribution in [0.5, 0.6) is 5.75 Å². The molecule has 0 unspecified atom stereocenters. The maximum Gasteiger partial charge on any atom is 0.202 e. The third-order valence-electron chi connectivity index (χ3n) is 3.25. The van der Waals surface area contributed by atoms with E-state index in [0.717, 1.165) is 25.6 Å². The van der Waals surface area contributed by atoms with Gasteiger partial charge in [0.25, 0.3) is 0 Å². The molecule has 1 heterocycles. The Balaban J connectivity index is 2.37. The Morgan fingerprint density at radius 1 is 1.29 bits per heavy atom. The Bertz CT molecular complexity index is 432. The molecule has 2 rings (SSSR count). The average Bonchev–Trinajstić information content (AvgIpc) is 2.62. The molecule has 1 aromatic carbocycles. The molecule has 94 valence electrons. The maximum atomic E-state index is 13.6. The minimum atomic E-state index is -0.908. The second kappa shape index (κ2) is 4.17. The monoisotopic (exact) mass is 241 g/mol. The van der Waals surface area contributed by atoms with Crippen molar-refractivity contribution in [1.82, 2.24) is 0 Å². The number of nitrogens with zero attached hydrogens (tertiary/aromatic N) is 1. The fourth-order valence-corrected chi connectivity index (χ4v) is 2.28. The number of rotatable bonds is 2. The van der Waals surface area contributed by atoms with Gasteiger partial charge in [-0.2, -0.15) is 4.39 Å². The third kappa shape index (κ3) is 2.21. The zero-order valence-corrected chi connectivity index (χ0v) is 10.4. The number of ether oxygens (including phenoxy) is 1. The fraction of sp³-hybridized carbons (Fsp3) is 0.538. The van der Waals surface area contributed by atoms with Gasteiger partial charge in [-0.1, -0.05) is 13.8 Å². The van der Waals surface area contributed by atoms with Crippen LogP contribution in [0.25, 0.3) is 0 Å². The van der Waals surface area contributed by atoms with Crippen LogP contribution in [0, 0.1) is 17.0 Å². The molecule has 4 heteroatoms. The van der Waals surface area contributed by atoms with Crippen molar-refractivity contribution >= 4 is 5.69 Å². The van der Waals surface area contributed by atoms with E-state index < -0.39 is 11.6 Å². The first-order chi connectivity index (χ1) is 7.94. The van der Waals surface area contributed by atoms with E-state index in [-0.39, 0.29) is 11.2 Å². The van der Waals surface area contributed by atoms with Gasteiger partial charge >= 0.3 is 0 Å². The van der Waals surface area contributed by atoms with E-state index in [2.05, 4.69) is 13.8 Å². The van der Waals surface area contributed by atoms with E-state index in [0.29, 0.717) is 5.69 Å². The third-order valence-corrected chi connectivity index (χ3v) is 3.25. The summed E-state index contributed by atoms with van der Waals surface area (Å²) < 4.78 is 31.7. The van der Waals surface area contributed by atoms with Gasteiger partial charge in [-0.25, -0.2) is 4.39 Å². The van der Waals surface area contributed by atoms with Gasteiger partial charge in [-0.3, -0.25) is 0 Å². The molecule has 0 amide bonds. The van der Waals surface area contributed by atoms with Crippen molar-refractivity contribution in [2.45, 2.75) is 20.3 Å². The predicted octanol–water partition coefficient (Wildman–Crippen LogP) is 3.21. The summed E-state index contributed by atoms with van der Waals surface area (Å²) in [4.78, 5) is 2.04. The van der Waals surface area contributed by atoms with Crippen LogP contribution in [-0.4, -0.2) is 20.2 Å². The highest BCUT2D eigenvalue weighted by Gasteiger charge is 2.31. The highest BCUT2D eigenvalue weighted by atomic mass is 19.2. The van der Waals surface area contributed by atoms with E-state index in [1.54, 1.807) is 6.07 Å². The van der Waals surface area contributed by atoms with Crippen LogP contribution in [0.15, 0.2) is 12.1 Å². The molecule has 0 aliphatic carbocycles. The smallest absolute Gasteiger partial charge is 0.202 e. The minimum absolute atomic E-state index is 0.00250. The Hall–Kier alpha value is -1.32. The van der Waals surface area contributed by atoms with Gasteiger partial charge < -0.3 is 9.64 Å². The van der Waals surface area contributed by atoms with Crippen LogP contribution in [0.4, 0.5) is 14.5 Å². The van der Waals surface area contributed by atoms with Crippen molar-refractivity contribution in [3.8, 4) is 5.75 Å². The van der Waals surface area contributed by atoms with Crippen molar-refractivity contribution in [3.63, 3.8) is 0 Å². The number of halogens is 2. The first kappa shape index (κ1) is 12.1. The second-order valence-electron chi connectivity index (χ2n) is 5.25. The number of methoxy groups -OCH3 is 1. The molecule has 1 aromatic rings. The molecular weight excluding hydrogens is 224 g/mol. The lowest BCUT2D eigenvalue weighted by atomic mass is 9.93. The zero-order chi connectivity index (χ0) is 12.6. The molecule has 1 fully saturated rings. The quantitative estimate of drug-likeness (QED) is 0.788. The largest absolute Gasteiger partial charge is 0.491 e. The minimum Gasteiger partial charge on any atom is -0.491 e. The summed E-state index contributed by atoms with van der Waals surface area (Å²) in [6.45, 7) is 6.00. The molecule has 1 aliphatic heterocycles. The summed E-state index contributed by atoms with van der Waals surface area (Å²) in [6, 6.07) is 2.73. The van der Waals surface area contributed by atoms with E-state index in [1.165, 1.54) is 7.11 Å². The first-order valence-electron chi connectivity index (χ1n) is 5.71. The standard InChI is InChI=1S/C13H17F2NO/c1-13(2)6-7-16(8-13)10-5-4-9(14)11(15)12(10)17-3/h4-5H,6-8H2,1-3H3. The molecule has 1 saturated heterocycles. The fourth-order valence-electron chi connectivity index (χ4n) is 2.28. The molecule has 0 radical (unpaired) electrons. The Kier molecular flexibility index (Phi) is 2.98. The number of benzene rings is 1. The molecule has 17 heavy (non-hydrogen) atoms. The van der Waals surface area contributed by atoms with Crippen LogP contribution < -0.4 is 9.64 Å². The molecule has 1 aliphatic rings. The van der Waals surface area contributed by atoms with Crippen molar-refractivity contribution < 1.29 is 13.5 Å². The maximum absolute atomic E-state index is 13.6. The molecular formula is C13H17F2NO. The number of hydrogen-bond acceptors (Lipinski definition) is 2. The Morgan fingerprint density at radius 3 is 2.53 bits per heavy atom. The van der Waals surface area contributed by atoms with Crippen molar-refractivity contribution in [2.75, 3.05) is 25.1 Å². The van der Waals surface area contributed by atoms with Gasteiger partial charge in [0.1, 0.15) is 0 Å². The molecule has 0 aromatic heterocycles. The van der Waals surface area contributed by atoms with Crippen LogP contribution in [0.1, 0.15) is 20.3 Å². The van der Waals surface area contributed by atoms with Crippen LogP contribution in [0.3, 0.4) is 0 Å². The molecule has 2 nitrogen and oxygen atoms in total. The summed E-state index contributed by atoms with van der Waals surface area (Å²) in [6.07, 6.45) is 1.04. The second-order valence-corrected chi connectivity index (χ2v) is 5.25. The average molecular weight is 241 g/mol. The molecule has 0 N–H and O–H groups in total. The van der Waals surface area contributed by atoms with E-state index in [1.807, 2.05) is 4.90 Å². The SMILES string of the molecule is COc1c(N2CCC(C)(C)C2)ccc(F)c1F. The first-order valence-corrected chi connectivity index (χ1v) is 5.71. The molecule has 0 spiro atoms.